The van der Waals surface area contributed by atoms with Crippen molar-refractivity contribution in [3.8, 4) is 5.75 Å². The lowest BCUT2D eigenvalue weighted by Gasteiger charge is -2.21. The summed E-state index contributed by atoms with van der Waals surface area (Å²) in [5.41, 5.74) is 2.07. The maximum atomic E-state index is 11.2. The molecule has 0 spiro atoms. The van der Waals surface area contributed by atoms with Crippen molar-refractivity contribution in [1.29, 1.82) is 0 Å². The largest absolute Gasteiger partial charge is 0.497 e. The molecule has 0 fully saturated rings. The first-order chi connectivity index (χ1) is 10.2. The molecular weight excluding hydrogens is 264 g/mol. The highest BCUT2D eigenvalue weighted by Gasteiger charge is 2.11. The summed E-state index contributed by atoms with van der Waals surface area (Å²) in [7, 11) is 1.64. The zero-order chi connectivity index (χ0) is 15.1. The topological polar surface area (TPSA) is 50.4 Å². The molecule has 1 unspecified atom stereocenters. The second kappa shape index (κ2) is 7.33. The average Bonchev–Trinajstić information content (AvgIpc) is 2.52. The number of methoxy groups -OCH3 is 1. The van der Waals surface area contributed by atoms with Crippen molar-refractivity contribution in [2.24, 2.45) is 0 Å². The van der Waals surface area contributed by atoms with E-state index >= 15 is 0 Å². The number of amides is 1. The molecule has 1 amide bonds. The Kier molecular flexibility index (Phi) is 5.21. The van der Waals surface area contributed by atoms with Gasteiger partial charge in [-0.05, 0) is 17.7 Å². The third kappa shape index (κ3) is 4.53. The second-order valence-electron chi connectivity index (χ2n) is 4.78. The van der Waals surface area contributed by atoms with Gasteiger partial charge in [0.25, 0.3) is 0 Å². The Morgan fingerprint density at radius 3 is 2.57 bits per heavy atom. The van der Waals surface area contributed by atoms with Gasteiger partial charge in [0, 0.05) is 25.2 Å². The number of ether oxygens (including phenoxy) is 1. The van der Waals surface area contributed by atoms with Crippen LogP contribution in [0.5, 0.6) is 5.75 Å². The summed E-state index contributed by atoms with van der Waals surface area (Å²) in [5, 5.41) is 6.29. The summed E-state index contributed by atoms with van der Waals surface area (Å²) in [6.45, 7) is 2.05. The summed E-state index contributed by atoms with van der Waals surface area (Å²) >= 11 is 0. The lowest BCUT2D eigenvalue weighted by Crippen LogP contribution is -2.29. The molecule has 0 aliphatic rings. The average molecular weight is 284 g/mol. The second-order valence-corrected chi connectivity index (χ2v) is 4.78. The molecule has 0 radical (unpaired) electrons. The normalized spacial score (nSPS) is 11.5. The van der Waals surface area contributed by atoms with Gasteiger partial charge in [-0.1, -0.05) is 36.4 Å². The molecule has 2 rings (SSSR count). The number of carbonyl (C=O) groups is 1. The highest BCUT2D eigenvalue weighted by molar-refractivity contribution is 5.73. The monoisotopic (exact) mass is 284 g/mol. The first-order valence-corrected chi connectivity index (χ1v) is 6.89. The van der Waals surface area contributed by atoms with E-state index in [1.54, 1.807) is 7.11 Å². The van der Waals surface area contributed by atoms with E-state index in [4.69, 9.17) is 4.74 Å². The van der Waals surface area contributed by atoms with Gasteiger partial charge in [-0.15, -0.1) is 0 Å². The molecule has 0 bridgehead atoms. The number of rotatable bonds is 6. The highest BCUT2D eigenvalue weighted by atomic mass is 16.5. The number of benzene rings is 2. The highest BCUT2D eigenvalue weighted by Crippen LogP contribution is 2.22. The molecule has 0 saturated heterocycles. The molecule has 0 aliphatic carbocycles. The Morgan fingerprint density at radius 1 is 1.14 bits per heavy atom. The number of hydrogen-bond acceptors (Lipinski definition) is 3. The fraction of sp³-hybridized carbons (Fsp3) is 0.235. The van der Waals surface area contributed by atoms with Crippen molar-refractivity contribution in [2.45, 2.75) is 13.0 Å². The summed E-state index contributed by atoms with van der Waals surface area (Å²) in [5.74, 6) is 0.759. The van der Waals surface area contributed by atoms with E-state index in [1.165, 1.54) is 6.92 Å². The van der Waals surface area contributed by atoms with E-state index in [2.05, 4.69) is 10.6 Å². The minimum Gasteiger partial charge on any atom is -0.497 e. The van der Waals surface area contributed by atoms with Gasteiger partial charge in [0.15, 0.2) is 0 Å². The molecule has 110 valence electrons. The first-order valence-electron chi connectivity index (χ1n) is 6.89. The van der Waals surface area contributed by atoms with Crippen molar-refractivity contribution in [1.82, 2.24) is 5.32 Å². The van der Waals surface area contributed by atoms with Crippen LogP contribution in [0.2, 0.25) is 0 Å². The predicted octanol–water partition coefficient (Wildman–Crippen LogP) is 2.98. The molecule has 4 nitrogen and oxygen atoms in total. The van der Waals surface area contributed by atoms with Crippen LogP contribution in [-0.4, -0.2) is 19.6 Å². The van der Waals surface area contributed by atoms with Gasteiger partial charge >= 0.3 is 0 Å². The van der Waals surface area contributed by atoms with Crippen LogP contribution in [0.1, 0.15) is 18.5 Å². The Labute approximate surface area is 125 Å². The van der Waals surface area contributed by atoms with E-state index in [0.717, 1.165) is 17.0 Å². The molecule has 2 aromatic carbocycles. The van der Waals surface area contributed by atoms with Gasteiger partial charge < -0.3 is 15.4 Å². The fourth-order valence-electron chi connectivity index (χ4n) is 2.10. The van der Waals surface area contributed by atoms with E-state index in [1.807, 2.05) is 54.6 Å². The third-order valence-corrected chi connectivity index (χ3v) is 3.17. The maximum absolute atomic E-state index is 11.2. The van der Waals surface area contributed by atoms with Crippen molar-refractivity contribution in [2.75, 3.05) is 19.0 Å². The maximum Gasteiger partial charge on any atom is 0.216 e. The SMILES string of the molecule is COc1cccc(NC(CNC(C)=O)c2ccccc2)c1. The minimum atomic E-state index is -0.0385. The lowest BCUT2D eigenvalue weighted by molar-refractivity contribution is -0.119. The van der Waals surface area contributed by atoms with E-state index in [9.17, 15) is 4.79 Å². The summed E-state index contributed by atoms with van der Waals surface area (Å²) in [6, 6.07) is 17.8. The van der Waals surface area contributed by atoms with Gasteiger partial charge in [0.2, 0.25) is 5.91 Å². The van der Waals surface area contributed by atoms with Crippen molar-refractivity contribution >= 4 is 11.6 Å². The zero-order valence-electron chi connectivity index (χ0n) is 12.3. The minimum absolute atomic E-state index is 0.00204. The van der Waals surface area contributed by atoms with Crippen molar-refractivity contribution < 1.29 is 9.53 Å². The molecular formula is C17H20N2O2. The van der Waals surface area contributed by atoms with Crippen LogP contribution < -0.4 is 15.4 Å². The van der Waals surface area contributed by atoms with E-state index < -0.39 is 0 Å². The number of nitrogens with one attached hydrogen (secondary N) is 2. The number of anilines is 1. The molecule has 0 saturated carbocycles. The Morgan fingerprint density at radius 2 is 1.90 bits per heavy atom. The van der Waals surface area contributed by atoms with Crippen LogP contribution in [0.3, 0.4) is 0 Å². The summed E-state index contributed by atoms with van der Waals surface area (Å²) in [6.07, 6.45) is 0. The Hall–Kier alpha value is -2.49. The standard InChI is InChI=1S/C17H20N2O2/c1-13(20)18-12-17(14-7-4-3-5-8-14)19-15-9-6-10-16(11-15)21-2/h3-11,17,19H,12H2,1-2H3,(H,18,20). The molecule has 0 aliphatic heterocycles. The summed E-state index contributed by atoms with van der Waals surface area (Å²) in [4.78, 5) is 11.2. The van der Waals surface area contributed by atoms with E-state index in [0.29, 0.717) is 6.54 Å². The van der Waals surface area contributed by atoms with Crippen LogP contribution in [0.15, 0.2) is 54.6 Å². The molecule has 2 aromatic rings. The van der Waals surface area contributed by atoms with Gasteiger partial charge in [-0.25, -0.2) is 0 Å². The van der Waals surface area contributed by atoms with Crippen molar-refractivity contribution in [3.05, 3.63) is 60.2 Å². The molecule has 4 heteroatoms. The molecule has 1 atom stereocenters. The number of carbonyl (C=O) groups excluding carboxylic acids is 1. The molecule has 0 heterocycles. The summed E-state index contributed by atoms with van der Waals surface area (Å²) < 4.78 is 5.23. The molecule has 2 N–H and O–H groups in total. The first kappa shape index (κ1) is 14.9. The van der Waals surface area contributed by atoms with Crippen molar-refractivity contribution in [3.63, 3.8) is 0 Å². The molecule has 0 aromatic heterocycles. The Balaban J connectivity index is 2.16. The van der Waals surface area contributed by atoms with Gasteiger partial charge in [0.1, 0.15) is 5.75 Å². The van der Waals surface area contributed by atoms with Gasteiger partial charge in [0.05, 0.1) is 13.2 Å². The smallest absolute Gasteiger partial charge is 0.216 e. The van der Waals surface area contributed by atoms with E-state index in [-0.39, 0.29) is 11.9 Å². The van der Waals surface area contributed by atoms with Crippen LogP contribution in [-0.2, 0) is 4.79 Å². The molecule has 21 heavy (non-hydrogen) atoms. The number of hydrogen-bond donors (Lipinski definition) is 2. The third-order valence-electron chi connectivity index (χ3n) is 3.17. The van der Waals surface area contributed by atoms with Crippen LogP contribution in [0.4, 0.5) is 5.69 Å². The quantitative estimate of drug-likeness (QED) is 0.857. The zero-order valence-corrected chi connectivity index (χ0v) is 12.3. The Bertz CT molecular complexity index is 584. The lowest BCUT2D eigenvalue weighted by atomic mass is 10.1. The van der Waals surface area contributed by atoms with Crippen LogP contribution in [0.25, 0.3) is 0 Å². The van der Waals surface area contributed by atoms with Gasteiger partial charge in [-0.3, -0.25) is 4.79 Å². The van der Waals surface area contributed by atoms with Gasteiger partial charge in [-0.2, -0.15) is 0 Å². The van der Waals surface area contributed by atoms with Crippen LogP contribution >= 0.6 is 0 Å². The fourth-order valence-corrected chi connectivity index (χ4v) is 2.10. The van der Waals surface area contributed by atoms with Crippen LogP contribution in [0, 0.1) is 0 Å². The predicted molar refractivity (Wildman–Crippen MR) is 84.5 cm³/mol.